The van der Waals surface area contributed by atoms with E-state index in [1.165, 1.54) is 7.05 Å². The molecule has 2 N–H and O–H groups in total. The molecule has 3 rings (SSSR count). The van der Waals surface area contributed by atoms with Gasteiger partial charge in [0.25, 0.3) is 5.91 Å². The van der Waals surface area contributed by atoms with Gasteiger partial charge in [0.05, 0.1) is 5.69 Å². The van der Waals surface area contributed by atoms with Crippen molar-refractivity contribution >= 4 is 28.9 Å². The first-order chi connectivity index (χ1) is 9.41. The molecule has 8 nitrogen and oxygen atoms in total. The van der Waals surface area contributed by atoms with Crippen molar-refractivity contribution in [1.82, 2.24) is 24.2 Å². The molecular weight excluding hydrogens is 260 g/mol. The van der Waals surface area contributed by atoms with Crippen LogP contribution < -0.4 is 5.73 Å². The second-order valence-corrected chi connectivity index (χ2v) is 5.07. The summed E-state index contributed by atoms with van der Waals surface area (Å²) in [5, 5.41) is 4.29. The van der Waals surface area contributed by atoms with E-state index in [0.29, 0.717) is 24.0 Å². The van der Waals surface area contributed by atoms with Crippen molar-refractivity contribution in [3.05, 3.63) is 5.69 Å². The number of piperidine rings is 1. The number of aryl methyl sites for hydroxylation is 2. The molecule has 0 radical (unpaired) electrons. The highest BCUT2D eigenvalue weighted by Gasteiger charge is 2.35. The van der Waals surface area contributed by atoms with Crippen LogP contribution in [-0.2, 0) is 16.6 Å². The second kappa shape index (κ2) is 4.06. The van der Waals surface area contributed by atoms with Crippen LogP contribution in [0.15, 0.2) is 0 Å². The van der Waals surface area contributed by atoms with Crippen LogP contribution in [0.25, 0.3) is 11.2 Å². The van der Waals surface area contributed by atoms with Crippen molar-refractivity contribution in [3.63, 3.8) is 0 Å². The number of carbonyl (C=O) groups is 2. The molecule has 1 aliphatic rings. The number of fused-ring (bicyclic) bond motifs is 1. The van der Waals surface area contributed by atoms with Gasteiger partial charge in [0, 0.05) is 20.5 Å². The van der Waals surface area contributed by atoms with Gasteiger partial charge in [-0.15, -0.1) is 0 Å². The fraction of sp³-hybridized carbons (Fsp3) is 0.500. The third-order valence-electron chi connectivity index (χ3n) is 3.80. The predicted molar refractivity (Wildman–Crippen MR) is 71.7 cm³/mol. The van der Waals surface area contributed by atoms with E-state index in [4.69, 9.17) is 5.73 Å². The minimum atomic E-state index is -0.502. The van der Waals surface area contributed by atoms with Crippen LogP contribution in [0.1, 0.15) is 24.6 Å². The summed E-state index contributed by atoms with van der Waals surface area (Å²) in [6.45, 7) is 1.84. The SMILES string of the molecule is Cc1nn(C)c2c1nc(N)n2C1CCC(=O)N(C)C1=O. The van der Waals surface area contributed by atoms with Crippen molar-refractivity contribution in [1.29, 1.82) is 0 Å². The second-order valence-electron chi connectivity index (χ2n) is 5.07. The van der Waals surface area contributed by atoms with Gasteiger partial charge in [-0.3, -0.25) is 23.7 Å². The summed E-state index contributed by atoms with van der Waals surface area (Å²) >= 11 is 0. The summed E-state index contributed by atoms with van der Waals surface area (Å²) in [5.41, 5.74) is 8.13. The number of rotatable bonds is 1. The number of carbonyl (C=O) groups excluding carboxylic acids is 2. The number of imide groups is 1. The molecule has 0 bridgehead atoms. The van der Waals surface area contributed by atoms with Gasteiger partial charge in [0.15, 0.2) is 5.65 Å². The first-order valence-corrected chi connectivity index (χ1v) is 6.39. The van der Waals surface area contributed by atoms with E-state index < -0.39 is 6.04 Å². The van der Waals surface area contributed by atoms with Crippen LogP contribution in [0, 0.1) is 6.92 Å². The van der Waals surface area contributed by atoms with E-state index in [1.807, 2.05) is 6.92 Å². The fourth-order valence-electron chi connectivity index (χ4n) is 2.76. The number of nitrogens with zero attached hydrogens (tertiary/aromatic N) is 5. The van der Waals surface area contributed by atoms with Crippen LogP contribution >= 0.6 is 0 Å². The summed E-state index contributed by atoms with van der Waals surface area (Å²) in [7, 11) is 3.28. The number of nitrogens with two attached hydrogens (primary N) is 1. The smallest absolute Gasteiger partial charge is 0.252 e. The quantitative estimate of drug-likeness (QED) is 0.738. The Hall–Kier alpha value is -2.38. The number of imidazole rings is 1. The number of aromatic nitrogens is 4. The van der Waals surface area contributed by atoms with Gasteiger partial charge < -0.3 is 5.73 Å². The standard InChI is InChI=1S/C12H16N6O2/c1-6-9-10(17(3)15-6)18(12(13)14-9)7-4-5-8(19)16(2)11(7)20/h7H,4-5H2,1-3H3,(H2,13,14). The number of hydrogen-bond donors (Lipinski definition) is 1. The highest BCUT2D eigenvalue weighted by Crippen LogP contribution is 2.30. The van der Waals surface area contributed by atoms with E-state index in [1.54, 1.807) is 16.3 Å². The van der Waals surface area contributed by atoms with Crippen molar-refractivity contribution in [2.75, 3.05) is 12.8 Å². The van der Waals surface area contributed by atoms with Gasteiger partial charge in [0.2, 0.25) is 11.9 Å². The Labute approximate surface area is 115 Å². The highest BCUT2D eigenvalue weighted by molar-refractivity contribution is 6.00. The van der Waals surface area contributed by atoms with Crippen LogP contribution in [0.4, 0.5) is 5.95 Å². The number of likely N-dealkylation sites (tertiary alicyclic amines) is 1. The van der Waals surface area contributed by atoms with Crippen molar-refractivity contribution in [2.45, 2.75) is 25.8 Å². The summed E-state index contributed by atoms with van der Waals surface area (Å²) in [4.78, 5) is 29.3. The number of amides is 2. The topological polar surface area (TPSA) is 99.0 Å². The Kier molecular flexibility index (Phi) is 2.56. The van der Waals surface area contributed by atoms with E-state index >= 15 is 0 Å². The molecule has 3 heterocycles. The fourth-order valence-corrected chi connectivity index (χ4v) is 2.76. The Bertz CT molecular complexity index is 728. The molecule has 2 aromatic heterocycles. The maximum absolute atomic E-state index is 12.3. The minimum Gasteiger partial charge on any atom is -0.369 e. The number of nitrogen functional groups attached to an aromatic ring is 1. The zero-order valence-corrected chi connectivity index (χ0v) is 11.6. The molecule has 1 aliphatic heterocycles. The number of likely N-dealkylation sites (N-methyl/N-ethyl adjacent to an activating group) is 1. The molecule has 1 fully saturated rings. The zero-order valence-electron chi connectivity index (χ0n) is 11.6. The largest absolute Gasteiger partial charge is 0.369 e. The Balaban J connectivity index is 2.17. The number of anilines is 1. The van der Waals surface area contributed by atoms with Gasteiger partial charge in [-0.1, -0.05) is 0 Å². The van der Waals surface area contributed by atoms with E-state index in [9.17, 15) is 9.59 Å². The Morgan fingerprint density at radius 1 is 1.30 bits per heavy atom. The van der Waals surface area contributed by atoms with Crippen molar-refractivity contribution in [2.24, 2.45) is 7.05 Å². The molecule has 0 saturated carbocycles. The summed E-state index contributed by atoms with van der Waals surface area (Å²) in [6, 6.07) is -0.502. The molecule has 0 spiro atoms. The Morgan fingerprint density at radius 3 is 2.70 bits per heavy atom. The van der Waals surface area contributed by atoms with Crippen LogP contribution in [0.5, 0.6) is 0 Å². The van der Waals surface area contributed by atoms with Crippen LogP contribution in [0.2, 0.25) is 0 Å². The monoisotopic (exact) mass is 276 g/mol. The third kappa shape index (κ3) is 1.54. The lowest BCUT2D eigenvalue weighted by Gasteiger charge is -2.29. The van der Waals surface area contributed by atoms with Gasteiger partial charge in [-0.25, -0.2) is 4.98 Å². The highest BCUT2D eigenvalue weighted by atomic mass is 16.2. The molecule has 0 aliphatic carbocycles. The maximum atomic E-state index is 12.3. The molecule has 2 amide bonds. The van der Waals surface area contributed by atoms with Gasteiger partial charge in [-0.2, -0.15) is 5.10 Å². The molecule has 106 valence electrons. The third-order valence-corrected chi connectivity index (χ3v) is 3.80. The average molecular weight is 276 g/mol. The first kappa shape index (κ1) is 12.6. The lowest BCUT2D eigenvalue weighted by atomic mass is 10.0. The summed E-state index contributed by atoms with van der Waals surface area (Å²) < 4.78 is 3.35. The molecule has 1 atom stereocenters. The van der Waals surface area contributed by atoms with Gasteiger partial charge in [0.1, 0.15) is 11.6 Å². The minimum absolute atomic E-state index is 0.164. The molecule has 0 aromatic carbocycles. The predicted octanol–water partition coefficient (Wildman–Crippen LogP) is -0.0197. The first-order valence-electron chi connectivity index (χ1n) is 6.39. The number of hydrogen-bond acceptors (Lipinski definition) is 5. The van der Waals surface area contributed by atoms with Crippen molar-refractivity contribution < 1.29 is 9.59 Å². The van der Waals surface area contributed by atoms with Crippen LogP contribution in [-0.4, -0.2) is 43.1 Å². The summed E-state index contributed by atoms with van der Waals surface area (Å²) in [5.74, 6) is -0.148. The maximum Gasteiger partial charge on any atom is 0.252 e. The van der Waals surface area contributed by atoms with E-state index in [0.717, 1.165) is 10.6 Å². The molecule has 2 aromatic rings. The molecular formula is C12H16N6O2. The lowest BCUT2D eigenvalue weighted by Crippen LogP contribution is -2.43. The average Bonchev–Trinajstić information content (AvgIpc) is 2.86. The van der Waals surface area contributed by atoms with E-state index in [2.05, 4.69) is 10.1 Å². The van der Waals surface area contributed by atoms with Gasteiger partial charge >= 0.3 is 0 Å². The van der Waals surface area contributed by atoms with Gasteiger partial charge in [-0.05, 0) is 13.3 Å². The molecule has 20 heavy (non-hydrogen) atoms. The van der Waals surface area contributed by atoms with E-state index in [-0.39, 0.29) is 17.8 Å². The Morgan fingerprint density at radius 2 is 2.00 bits per heavy atom. The van der Waals surface area contributed by atoms with Crippen LogP contribution in [0.3, 0.4) is 0 Å². The summed E-state index contributed by atoms with van der Waals surface area (Å²) in [6.07, 6.45) is 0.755. The normalized spacial score (nSPS) is 20.1. The molecule has 1 unspecified atom stereocenters. The lowest BCUT2D eigenvalue weighted by molar-refractivity contribution is -0.149. The zero-order chi connectivity index (χ0) is 14.6. The van der Waals surface area contributed by atoms with Crippen molar-refractivity contribution in [3.8, 4) is 0 Å². The molecule has 8 heteroatoms. The molecule has 1 saturated heterocycles.